The molecule has 0 bridgehead atoms. The highest BCUT2D eigenvalue weighted by Gasteiger charge is 2.32. The average molecular weight is 309 g/mol. The lowest BCUT2D eigenvalue weighted by Crippen LogP contribution is -2.39. The molecule has 1 aromatic rings. The molecular weight excluding hydrogens is 294 g/mol. The van der Waals surface area contributed by atoms with Gasteiger partial charge in [-0.3, -0.25) is 10.1 Å². The van der Waals surface area contributed by atoms with E-state index in [1.807, 2.05) is 0 Å². The van der Waals surface area contributed by atoms with Crippen LogP contribution in [0, 0.1) is 34.3 Å². The smallest absolute Gasteiger partial charge is 0.258 e. The normalized spacial score (nSPS) is 19.9. The summed E-state index contributed by atoms with van der Waals surface area (Å²) < 4.78 is 26.5. The molecule has 1 aromatic carbocycles. The first-order chi connectivity index (χ1) is 9.86. The van der Waals surface area contributed by atoms with Crippen LogP contribution >= 0.6 is 0 Å². The van der Waals surface area contributed by atoms with E-state index in [1.165, 1.54) is 16.4 Å². The van der Waals surface area contributed by atoms with Crippen molar-refractivity contribution in [3.63, 3.8) is 0 Å². The predicted octanol–water partition coefficient (Wildman–Crippen LogP) is 1.83. The van der Waals surface area contributed by atoms with Gasteiger partial charge in [0.15, 0.2) is 0 Å². The van der Waals surface area contributed by atoms with Crippen LogP contribution in [0.1, 0.15) is 18.4 Å². The fraction of sp³-hybridized carbons (Fsp3) is 0.462. The number of non-ortho nitro benzene ring substituents is 1. The number of nitrogens with zero attached hydrogens (tertiary/aromatic N) is 3. The van der Waals surface area contributed by atoms with Gasteiger partial charge in [-0.15, -0.1) is 0 Å². The molecule has 1 unspecified atom stereocenters. The summed E-state index contributed by atoms with van der Waals surface area (Å²) in [6.45, 7) is 2.08. The number of sulfonamides is 1. The minimum atomic E-state index is -3.81. The van der Waals surface area contributed by atoms with Crippen molar-refractivity contribution in [2.24, 2.45) is 5.92 Å². The number of nitriles is 1. The van der Waals surface area contributed by atoms with Crippen LogP contribution in [0.5, 0.6) is 0 Å². The fourth-order valence-corrected chi connectivity index (χ4v) is 4.15. The maximum absolute atomic E-state index is 12.6. The third-order valence-corrected chi connectivity index (χ3v) is 5.57. The molecule has 1 atom stereocenters. The van der Waals surface area contributed by atoms with Crippen LogP contribution in [0.3, 0.4) is 0 Å². The topological polar surface area (TPSA) is 104 Å². The lowest BCUT2D eigenvalue weighted by molar-refractivity contribution is -0.385. The van der Waals surface area contributed by atoms with E-state index in [4.69, 9.17) is 5.26 Å². The van der Waals surface area contributed by atoms with Gasteiger partial charge in [-0.1, -0.05) is 6.07 Å². The lowest BCUT2D eigenvalue weighted by atomic mass is 10.0. The number of benzene rings is 1. The Morgan fingerprint density at radius 3 is 2.81 bits per heavy atom. The molecule has 0 N–H and O–H groups in total. The molecule has 1 heterocycles. The van der Waals surface area contributed by atoms with E-state index in [0.717, 1.165) is 6.07 Å². The number of nitro groups is 1. The number of hydrogen-bond donors (Lipinski definition) is 0. The minimum Gasteiger partial charge on any atom is -0.258 e. The van der Waals surface area contributed by atoms with Gasteiger partial charge in [-0.25, -0.2) is 8.42 Å². The Morgan fingerprint density at radius 2 is 2.19 bits per heavy atom. The quantitative estimate of drug-likeness (QED) is 0.625. The molecule has 1 aliphatic rings. The average Bonchev–Trinajstić information content (AvgIpc) is 2.47. The molecular formula is C13H15N3O4S. The number of hydrogen-bond acceptors (Lipinski definition) is 5. The monoisotopic (exact) mass is 309 g/mol. The molecule has 21 heavy (non-hydrogen) atoms. The molecule has 0 aliphatic carbocycles. The first kappa shape index (κ1) is 15.4. The number of piperidine rings is 1. The molecule has 0 aromatic heterocycles. The summed E-state index contributed by atoms with van der Waals surface area (Å²) in [4.78, 5) is 10.1. The zero-order valence-corrected chi connectivity index (χ0v) is 12.3. The summed E-state index contributed by atoms with van der Waals surface area (Å²) in [5.41, 5.74) is 0.202. The Labute approximate surface area is 123 Å². The zero-order chi connectivity index (χ0) is 15.6. The largest absolute Gasteiger partial charge is 0.270 e. The zero-order valence-electron chi connectivity index (χ0n) is 11.5. The van der Waals surface area contributed by atoms with Gasteiger partial charge in [-0.05, 0) is 25.3 Å². The van der Waals surface area contributed by atoms with E-state index < -0.39 is 14.9 Å². The highest BCUT2D eigenvalue weighted by Crippen LogP contribution is 2.28. The van der Waals surface area contributed by atoms with Crippen LogP contribution in [0.25, 0.3) is 0 Å². The lowest BCUT2D eigenvalue weighted by Gasteiger charge is -2.29. The summed E-state index contributed by atoms with van der Waals surface area (Å²) in [5.74, 6) is -0.326. The van der Waals surface area contributed by atoms with Crippen molar-refractivity contribution >= 4 is 15.7 Å². The maximum atomic E-state index is 12.6. The first-order valence-electron chi connectivity index (χ1n) is 6.51. The molecule has 0 saturated carbocycles. The Balaban J connectivity index is 2.42. The summed E-state index contributed by atoms with van der Waals surface area (Å²) in [5, 5.41) is 19.8. The summed E-state index contributed by atoms with van der Waals surface area (Å²) in [6, 6.07) is 5.88. The molecule has 1 fully saturated rings. The molecule has 8 heteroatoms. The Kier molecular flexibility index (Phi) is 4.25. The summed E-state index contributed by atoms with van der Waals surface area (Å²) in [6.07, 6.45) is 1.29. The Morgan fingerprint density at radius 1 is 1.48 bits per heavy atom. The second-order valence-corrected chi connectivity index (χ2v) is 6.94. The van der Waals surface area contributed by atoms with Gasteiger partial charge >= 0.3 is 0 Å². The van der Waals surface area contributed by atoms with Crippen molar-refractivity contribution in [2.75, 3.05) is 13.1 Å². The van der Waals surface area contributed by atoms with Gasteiger partial charge in [-0.2, -0.15) is 9.57 Å². The van der Waals surface area contributed by atoms with Crippen molar-refractivity contribution in [1.29, 1.82) is 5.26 Å². The van der Waals surface area contributed by atoms with E-state index in [9.17, 15) is 18.5 Å². The maximum Gasteiger partial charge on any atom is 0.270 e. The van der Waals surface area contributed by atoms with Gasteiger partial charge in [0, 0.05) is 25.2 Å². The van der Waals surface area contributed by atoms with Gasteiger partial charge in [0.2, 0.25) is 10.0 Å². The summed E-state index contributed by atoms with van der Waals surface area (Å²) in [7, 11) is -3.81. The van der Waals surface area contributed by atoms with Gasteiger partial charge in [0.1, 0.15) is 0 Å². The second-order valence-electron chi connectivity index (χ2n) is 5.04. The molecule has 1 aliphatic heterocycles. The molecule has 7 nitrogen and oxygen atoms in total. The minimum absolute atomic E-state index is 0.0599. The van der Waals surface area contributed by atoms with Crippen molar-refractivity contribution in [1.82, 2.24) is 4.31 Å². The molecule has 0 spiro atoms. The molecule has 2 rings (SSSR count). The van der Waals surface area contributed by atoms with Gasteiger partial charge in [0.05, 0.1) is 21.8 Å². The second kappa shape index (κ2) is 5.79. The van der Waals surface area contributed by atoms with Crippen LogP contribution in [0.2, 0.25) is 0 Å². The third kappa shape index (κ3) is 3.04. The van der Waals surface area contributed by atoms with Crippen LogP contribution in [-0.4, -0.2) is 30.7 Å². The van der Waals surface area contributed by atoms with E-state index in [1.54, 1.807) is 6.92 Å². The number of aryl methyl sites for hydroxylation is 1. The fourth-order valence-electron chi connectivity index (χ4n) is 2.39. The number of rotatable bonds is 3. The highest BCUT2D eigenvalue weighted by molar-refractivity contribution is 7.89. The van der Waals surface area contributed by atoms with Gasteiger partial charge in [0.25, 0.3) is 5.69 Å². The highest BCUT2D eigenvalue weighted by atomic mass is 32.2. The Hall–Kier alpha value is -1.98. The molecule has 1 saturated heterocycles. The van der Waals surface area contributed by atoms with E-state index in [0.29, 0.717) is 24.9 Å². The van der Waals surface area contributed by atoms with Gasteiger partial charge < -0.3 is 0 Å². The van der Waals surface area contributed by atoms with E-state index in [2.05, 4.69) is 6.07 Å². The molecule has 0 amide bonds. The first-order valence-corrected chi connectivity index (χ1v) is 7.95. The molecule has 0 radical (unpaired) electrons. The SMILES string of the molecule is Cc1ccc([N+](=O)[O-])cc1S(=O)(=O)N1CCCC(C#N)C1. The molecule has 112 valence electrons. The van der Waals surface area contributed by atoms with Crippen molar-refractivity contribution in [2.45, 2.75) is 24.7 Å². The summed E-state index contributed by atoms with van der Waals surface area (Å²) >= 11 is 0. The van der Waals surface area contributed by atoms with E-state index >= 15 is 0 Å². The van der Waals surface area contributed by atoms with Crippen molar-refractivity contribution in [3.8, 4) is 6.07 Å². The standard InChI is InChI=1S/C13H15N3O4S/c1-10-4-5-12(16(17)18)7-13(10)21(19,20)15-6-2-3-11(8-14)9-15/h4-5,7,11H,2-3,6,9H2,1H3. The predicted molar refractivity (Wildman–Crippen MR) is 74.9 cm³/mol. The third-order valence-electron chi connectivity index (χ3n) is 3.57. The van der Waals surface area contributed by atoms with Crippen LogP contribution in [-0.2, 0) is 10.0 Å². The number of nitro benzene ring substituents is 1. The van der Waals surface area contributed by atoms with Crippen LogP contribution in [0.4, 0.5) is 5.69 Å². The van der Waals surface area contributed by atoms with Crippen molar-refractivity contribution in [3.05, 3.63) is 33.9 Å². The van der Waals surface area contributed by atoms with Crippen molar-refractivity contribution < 1.29 is 13.3 Å². The van der Waals surface area contributed by atoms with Crippen LogP contribution < -0.4 is 0 Å². The van der Waals surface area contributed by atoms with E-state index in [-0.39, 0.29) is 23.0 Å². The van der Waals surface area contributed by atoms with Crippen LogP contribution in [0.15, 0.2) is 23.1 Å². The Bertz CT molecular complexity index is 709.